The van der Waals surface area contributed by atoms with Gasteiger partial charge in [-0.25, -0.2) is 0 Å². The van der Waals surface area contributed by atoms with Crippen LogP contribution >= 0.6 is 31.9 Å². The van der Waals surface area contributed by atoms with Crippen molar-refractivity contribution in [2.75, 3.05) is 0 Å². The van der Waals surface area contributed by atoms with Crippen molar-refractivity contribution in [3.05, 3.63) is 68.6 Å². The number of carbonyl (C=O) groups excluding carboxylic acids is 1. The lowest BCUT2D eigenvalue weighted by molar-refractivity contribution is 0.0412. The molecule has 0 aliphatic carbocycles. The average Bonchev–Trinajstić information content (AvgIpc) is 2.46. The zero-order valence-corrected chi connectivity index (χ0v) is 14.1. The summed E-state index contributed by atoms with van der Waals surface area (Å²) in [4.78, 5) is 12.2. The maximum Gasteiger partial charge on any atom is 0.191 e. The molecule has 0 aliphatic heterocycles. The summed E-state index contributed by atoms with van der Waals surface area (Å²) in [5.41, 5.74) is 1.71. The molecule has 104 valence electrons. The van der Waals surface area contributed by atoms with E-state index in [1.54, 1.807) is 19.1 Å². The molecule has 20 heavy (non-hydrogen) atoms. The first kappa shape index (κ1) is 15.4. The van der Waals surface area contributed by atoms with Crippen LogP contribution in [0.25, 0.3) is 0 Å². The summed E-state index contributed by atoms with van der Waals surface area (Å²) < 4.78 is 7.62. The van der Waals surface area contributed by atoms with Crippen LogP contribution < -0.4 is 0 Å². The van der Waals surface area contributed by atoms with E-state index in [0.717, 1.165) is 14.5 Å². The third-order valence-electron chi connectivity index (χ3n) is 2.91. The standard InChI is InChI=1S/C16H14Br2O2/c1-11(16(19)13-4-8-15(18)9-5-13)20-10-12-2-6-14(17)7-3-12/h2-9,11H,10H2,1H3. The van der Waals surface area contributed by atoms with E-state index in [4.69, 9.17) is 4.74 Å². The van der Waals surface area contributed by atoms with Gasteiger partial charge in [0.15, 0.2) is 5.78 Å². The van der Waals surface area contributed by atoms with Gasteiger partial charge in [0.05, 0.1) is 6.61 Å². The number of hydrogen-bond donors (Lipinski definition) is 0. The lowest BCUT2D eigenvalue weighted by Gasteiger charge is -2.12. The van der Waals surface area contributed by atoms with Crippen molar-refractivity contribution in [2.45, 2.75) is 19.6 Å². The van der Waals surface area contributed by atoms with Gasteiger partial charge in [0.2, 0.25) is 0 Å². The molecule has 2 nitrogen and oxygen atoms in total. The van der Waals surface area contributed by atoms with Crippen molar-refractivity contribution in [1.29, 1.82) is 0 Å². The molecule has 2 rings (SSSR count). The van der Waals surface area contributed by atoms with E-state index < -0.39 is 6.10 Å². The molecule has 4 heteroatoms. The van der Waals surface area contributed by atoms with Crippen molar-refractivity contribution in [3.8, 4) is 0 Å². The number of carbonyl (C=O) groups is 1. The molecule has 0 heterocycles. The monoisotopic (exact) mass is 396 g/mol. The van der Waals surface area contributed by atoms with Crippen molar-refractivity contribution >= 4 is 37.6 Å². The van der Waals surface area contributed by atoms with Gasteiger partial charge in [-0.2, -0.15) is 0 Å². The van der Waals surface area contributed by atoms with Gasteiger partial charge < -0.3 is 4.74 Å². The van der Waals surface area contributed by atoms with Crippen LogP contribution in [0.2, 0.25) is 0 Å². The fourth-order valence-electron chi connectivity index (χ4n) is 1.73. The van der Waals surface area contributed by atoms with Crippen molar-refractivity contribution < 1.29 is 9.53 Å². The predicted molar refractivity (Wildman–Crippen MR) is 86.9 cm³/mol. The molecule has 1 unspecified atom stereocenters. The Balaban J connectivity index is 1.94. The number of benzene rings is 2. The molecule has 0 aromatic heterocycles. The maximum atomic E-state index is 12.2. The minimum Gasteiger partial charge on any atom is -0.366 e. The van der Waals surface area contributed by atoms with Gasteiger partial charge in [0.25, 0.3) is 0 Å². The second kappa shape index (κ2) is 7.16. The Morgan fingerprint density at radius 3 is 2.05 bits per heavy atom. The zero-order chi connectivity index (χ0) is 14.5. The Morgan fingerprint density at radius 1 is 1.00 bits per heavy atom. The number of Topliss-reactive ketones (excluding diaryl/α,β-unsaturated/α-hetero) is 1. The lowest BCUT2D eigenvalue weighted by atomic mass is 10.1. The Bertz CT molecular complexity index is 576. The summed E-state index contributed by atoms with van der Waals surface area (Å²) >= 11 is 6.74. The van der Waals surface area contributed by atoms with Gasteiger partial charge >= 0.3 is 0 Å². The molecular weight excluding hydrogens is 384 g/mol. The first-order chi connectivity index (χ1) is 9.56. The van der Waals surface area contributed by atoms with E-state index in [2.05, 4.69) is 31.9 Å². The van der Waals surface area contributed by atoms with E-state index in [1.165, 1.54) is 0 Å². The molecule has 0 fully saturated rings. The highest BCUT2D eigenvalue weighted by Crippen LogP contribution is 2.15. The summed E-state index contributed by atoms with van der Waals surface area (Å²) in [5.74, 6) is -0.00499. The Kier molecular flexibility index (Phi) is 5.52. The molecule has 2 aromatic carbocycles. The van der Waals surface area contributed by atoms with Crippen LogP contribution in [0.4, 0.5) is 0 Å². The van der Waals surface area contributed by atoms with Crippen LogP contribution in [0.15, 0.2) is 57.5 Å². The van der Waals surface area contributed by atoms with Crippen LogP contribution in [0, 0.1) is 0 Å². The Labute approximate surface area is 135 Å². The van der Waals surface area contributed by atoms with Crippen LogP contribution in [0.5, 0.6) is 0 Å². The largest absolute Gasteiger partial charge is 0.366 e. The Hall–Kier alpha value is -0.970. The topological polar surface area (TPSA) is 26.3 Å². The summed E-state index contributed by atoms with van der Waals surface area (Å²) in [6, 6.07) is 15.2. The normalized spacial score (nSPS) is 12.2. The molecule has 0 spiro atoms. The van der Waals surface area contributed by atoms with Gasteiger partial charge in [-0.3, -0.25) is 4.79 Å². The van der Waals surface area contributed by atoms with Crippen LogP contribution in [0.1, 0.15) is 22.8 Å². The Morgan fingerprint density at radius 2 is 1.50 bits per heavy atom. The molecule has 0 saturated carbocycles. The fourth-order valence-corrected chi connectivity index (χ4v) is 2.26. The quantitative estimate of drug-likeness (QED) is 0.663. The van der Waals surface area contributed by atoms with Crippen molar-refractivity contribution in [1.82, 2.24) is 0 Å². The van der Waals surface area contributed by atoms with E-state index in [-0.39, 0.29) is 5.78 Å². The number of hydrogen-bond acceptors (Lipinski definition) is 2. The van der Waals surface area contributed by atoms with E-state index in [9.17, 15) is 4.79 Å². The first-order valence-corrected chi connectivity index (χ1v) is 7.80. The number of halogens is 2. The van der Waals surface area contributed by atoms with Gasteiger partial charge in [0.1, 0.15) is 6.10 Å². The summed E-state index contributed by atoms with van der Waals surface area (Å²) in [6.07, 6.45) is -0.458. The SMILES string of the molecule is CC(OCc1ccc(Br)cc1)C(=O)c1ccc(Br)cc1. The molecular formula is C16H14Br2O2. The summed E-state index contributed by atoms with van der Waals surface area (Å²) in [6.45, 7) is 2.21. The highest BCUT2D eigenvalue weighted by atomic mass is 79.9. The fraction of sp³-hybridized carbons (Fsp3) is 0.188. The van der Waals surface area contributed by atoms with E-state index in [1.807, 2.05) is 36.4 Å². The predicted octanol–water partition coefficient (Wildman–Crippen LogP) is 5.00. The first-order valence-electron chi connectivity index (χ1n) is 6.22. The van der Waals surface area contributed by atoms with Gasteiger partial charge in [-0.05, 0) is 36.8 Å². The molecule has 0 N–H and O–H groups in total. The third kappa shape index (κ3) is 4.27. The minimum atomic E-state index is -0.458. The number of rotatable bonds is 5. The molecule has 1 atom stereocenters. The molecule has 0 saturated heterocycles. The van der Waals surface area contributed by atoms with Gasteiger partial charge in [-0.15, -0.1) is 0 Å². The van der Waals surface area contributed by atoms with Crippen LogP contribution in [0.3, 0.4) is 0 Å². The minimum absolute atomic E-state index is 0.00499. The lowest BCUT2D eigenvalue weighted by Crippen LogP contribution is -2.20. The third-order valence-corrected chi connectivity index (χ3v) is 3.97. The summed E-state index contributed by atoms with van der Waals surface area (Å²) in [5, 5.41) is 0. The highest BCUT2D eigenvalue weighted by molar-refractivity contribution is 9.10. The van der Waals surface area contributed by atoms with Crippen molar-refractivity contribution in [3.63, 3.8) is 0 Å². The zero-order valence-electron chi connectivity index (χ0n) is 11.0. The second-order valence-electron chi connectivity index (χ2n) is 4.45. The van der Waals surface area contributed by atoms with Crippen molar-refractivity contribution in [2.24, 2.45) is 0 Å². The maximum absolute atomic E-state index is 12.2. The number of ketones is 1. The van der Waals surface area contributed by atoms with E-state index in [0.29, 0.717) is 12.2 Å². The molecule has 0 radical (unpaired) electrons. The highest BCUT2D eigenvalue weighted by Gasteiger charge is 2.15. The summed E-state index contributed by atoms with van der Waals surface area (Å²) in [7, 11) is 0. The van der Waals surface area contributed by atoms with Crippen LogP contribution in [-0.4, -0.2) is 11.9 Å². The van der Waals surface area contributed by atoms with Gasteiger partial charge in [0, 0.05) is 14.5 Å². The molecule has 0 amide bonds. The molecule has 2 aromatic rings. The average molecular weight is 398 g/mol. The van der Waals surface area contributed by atoms with Crippen LogP contribution in [-0.2, 0) is 11.3 Å². The number of ether oxygens (including phenoxy) is 1. The second-order valence-corrected chi connectivity index (χ2v) is 6.28. The molecule has 0 bridgehead atoms. The van der Waals surface area contributed by atoms with E-state index >= 15 is 0 Å². The smallest absolute Gasteiger partial charge is 0.191 e. The van der Waals surface area contributed by atoms with Gasteiger partial charge in [-0.1, -0.05) is 56.1 Å². The molecule has 0 aliphatic rings.